The van der Waals surface area contributed by atoms with E-state index in [1.165, 1.54) is 38.1 Å². The number of sulfonamides is 1. The van der Waals surface area contributed by atoms with Crippen molar-refractivity contribution in [2.24, 2.45) is 0 Å². The van der Waals surface area contributed by atoms with Crippen molar-refractivity contribution in [2.75, 3.05) is 21.5 Å². The van der Waals surface area contributed by atoms with Gasteiger partial charge in [-0.2, -0.15) is 0 Å². The summed E-state index contributed by atoms with van der Waals surface area (Å²) in [6.07, 6.45) is 0.757. The Morgan fingerprint density at radius 1 is 1.00 bits per heavy atom. The van der Waals surface area contributed by atoms with E-state index in [4.69, 9.17) is 0 Å². The lowest BCUT2D eigenvalue weighted by molar-refractivity contribution is -0.116. The molecule has 7 nitrogen and oxygen atoms in total. The first-order valence-corrected chi connectivity index (χ1v) is 9.56. The van der Waals surface area contributed by atoms with Crippen LogP contribution in [-0.4, -0.2) is 26.8 Å². The molecule has 8 heteroatoms. The van der Waals surface area contributed by atoms with Crippen LogP contribution in [0.3, 0.4) is 0 Å². The van der Waals surface area contributed by atoms with Gasteiger partial charge in [0, 0.05) is 31.8 Å². The first-order valence-electron chi connectivity index (χ1n) is 8.08. The van der Waals surface area contributed by atoms with Crippen LogP contribution in [0.4, 0.5) is 17.1 Å². The minimum Gasteiger partial charge on any atom is -0.326 e. The highest BCUT2D eigenvalue weighted by Crippen LogP contribution is 2.31. The predicted molar refractivity (Wildman–Crippen MR) is 99.7 cm³/mol. The fourth-order valence-corrected chi connectivity index (χ4v) is 3.95. The van der Waals surface area contributed by atoms with Gasteiger partial charge in [-0.1, -0.05) is 6.07 Å². The van der Waals surface area contributed by atoms with E-state index >= 15 is 0 Å². The lowest BCUT2D eigenvalue weighted by atomic mass is 10.1. The Balaban J connectivity index is 1.83. The maximum Gasteiger partial charge on any atom is 0.261 e. The van der Waals surface area contributed by atoms with Gasteiger partial charge in [0.2, 0.25) is 11.8 Å². The summed E-state index contributed by atoms with van der Waals surface area (Å²) in [6, 6.07) is 11.1. The van der Waals surface area contributed by atoms with E-state index < -0.39 is 10.0 Å². The SMILES string of the molecule is CC(=O)Nc1ccc(S(=O)(=O)Nc2ccc3c(c2)N(C(C)=O)CC3)cc1. The van der Waals surface area contributed by atoms with Gasteiger partial charge < -0.3 is 10.2 Å². The lowest BCUT2D eigenvalue weighted by Crippen LogP contribution is -2.25. The maximum atomic E-state index is 12.6. The van der Waals surface area contributed by atoms with E-state index in [0.717, 1.165) is 17.7 Å². The molecule has 2 amide bonds. The first kappa shape index (κ1) is 17.9. The molecular weight excluding hydrogens is 354 g/mol. The normalized spacial score (nSPS) is 13.2. The quantitative estimate of drug-likeness (QED) is 0.860. The predicted octanol–water partition coefficient (Wildman–Crippen LogP) is 2.35. The molecule has 2 aromatic carbocycles. The number of nitrogens with one attached hydrogen (secondary N) is 2. The molecule has 0 aromatic heterocycles. The molecule has 0 saturated heterocycles. The van der Waals surface area contributed by atoms with Gasteiger partial charge in [0.1, 0.15) is 0 Å². The van der Waals surface area contributed by atoms with Gasteiger partial charge in [-0.25, -0.2) is 8.42 Å². The topological polar surface area (TPSA) is 95.6 Å². The number of hydrogen-bond donors (Lipinski definition) is 2. The summed E-state index contributed by atoms with van der Waals surface area (Å²) >= 11 is 0. The number of rotatable bonds is 4. The monoisotopic (exact) mass is 373 g/mol. The zero-order valence-electron chi connectivity index (χ0n) is 14.4. The second kappa shape index (κ2) is 6.80. The van der Waals surface area contributed by atoms with Gasteiger partial charge in [0.05, 0.1) is 10.6 Å². The van der Waals surface area contributed by atoms with Gasteiger partial charge >= 0.3 is 0 Å². The molecule has 0 radical (unpaired) electrons. The molecule has 0 bridgehead atoms. The van der Waals surface area contributed by atoms with Crippen LogP contribution < -0.4 is 14.9 Å². The van der Waals surface area contributed by atoms with Gasteiger partial charge in [0.15, 0.2) is 0 Å². The average molecular weight is 373 g/mol. The number of anilines is 3. The minimum atomic E-state index is -3.78. The van der Waals surface area contributed by atoms with Crippen LogP contribution in [0.1, 0.15) is 19.4 Å². The standard InChI is InChI=1S/C18H19N3O4S/c1-12(22)19-15-5-7-17(8-6-15)26(24,25)20-16-4-3-14-9-10-21(13(2)23)18(14)11-16/h3-8,11,20H,9-10H2,1-2H3,(H,19,22). The molecule has 0 spiro atoms. The summed E-state index contributed by atoms with van der Waals surface area (Å²) in [5.74, 6) is -0.302. The number of nitrogens with zero attached hydrogens (tertiary/aromatic N) is 1. The van der Waals surface area contributed by atoms with E-state index in [0.29, 0.717) is 17.9 Å². The highest BCUT2D eigenvalue weighted by Gasteiger charge is 2.23. The molecule has 26 heavy (non-hydrogen) atoms. The Morgan fingerprint density at radius 3 is 2.27 bits per heavy atom. The summed E-state index contributed by atoms with van der Waals surface area (Å²) in [4.78, 5) is 24.4. The Morgan fingerprint density at radius 2 is 1.65 bits per heavy atom. The number of hydrogen-bond acceptors (Lipinski definition) is 4. The molecule has 0 fully saturated rings. The molecule has 2 aromatic rings. The van der Waals surface area contributed by atoms with Crippen molar-refractivity contribution in [3.8, 4) is 0 Å². The van der Waals surface area contributed by atoms with Crippen LogP contribution in [0, 0.1) is 0 Å². The molecule has 0 aliphatic carbocycles. The number of fused-ring (bicyclic) bond motifs is 1. The van der Waals surface area contributed by atoms with Gasteiger partial charge in [-0.05, 0) is 48.4 Å². The number of benzene rings is 2. The van der Waals surface area contributed by atoms with Crippen molar-refractivity contribution in [3.05, 3.63) is 48.0 Å². The third-order valence-electron chi connectivity index (χ3n) is 4.10. The minimum absolute atomic E-state index is 0.0719. The van der Waals surface area contributed by atoms with Crippen molar-refractivity contribution < 1.29 is 18.0 Å². The Labute approximate surface area is 152 Å². The molecule has 1 aliphatic heterocycles. The third kappa shape index (κ3) is 3.70. The number of carbonyl (C=O) groups excluding carboxylic acids is 2. The summed E-state index contributed by atoms with van der Waals surface area (Å²) < 4.78 is 27.7. The zero-order valence-corrected chi connectivity index (χ0v) is 15.3. The van der Waals surface area contributed by atoms with E-state index in [9.17, 15) is 18.0 Å². The lowest BCUT2D eigenvalue weighted by Gasteiger charge is -2.16. The van der Waals surface area contributed by atoms with E-state index in [1.807, 2.05) is 6.07 Å². The molecule has 136 valence electrons. The zero-order chi connectivity index (χ0) is 18.9. The molecule has 0 saturated carbocycles. The first-order chi connectivity index (χ1) is 12.3. The molecule has 3 rings (SSSR count). The smallest absolute Gasteiger partial charge is 0.261 e. The van der Waals surface area contributed by atoms with Gasteiger partial charge in [0.25, 0.3) is 10.0 Å². The highest BCUT2D eigenvalue weighted by molar-refractivity contribution is 7.92. The average Bonchev–Trinajstić information content (AvgIpc) is 2.97. The number of amides is 2. The van der Waals surface area contributed by atoms with Crippen molar-refractivity contribution in [2.45, 2.75) is 25.2 Å². The van der Waals surface area contributed by atoms with E-state index in [2.05, 4.69) is 10.0 Å². The van der Waals surface area contributed by atoms with Gasteiger partial charge in [-0.15, -0.1) is 0 Å². The summed E-state index contributed by atoms with van der Waals surface area (Å²) in [5, 5.41) is 2.59. The number of carbonyl (C=O) groups is 2. The van der Waals surface area contributed by atoms with Crippen LogP contribution in [0.25, 0.3) is 0 Å². The van der Waals surface area contributed by atoms with Crippen LogP contribution in [0.5, 0.6) is 0 Å². The highest BCUT2D eigenvalue weighted by atomic mass is 32.2. The maximum absolute atomic E-state index is 12.6. The van der Waals surface area contributed by atoms with E-state index in [1.54, 1.807) is 17.0 Å². The Kier molecular flexibility index (Phi) is 4.69. The molecule has 2 N–H and O–H groups in total. The van der Waals surface area contributed by atoms with Crippen molar-refractivity contribution in [1.82, 2.24) is 0 Å². The molecule has 0 atom stereocenters. The van der Waals surface area contributed by atoms with E-state index in [-0.39, 0.29) is 16.7 Å². The molecule has 0 unspecified atom stereocenters. The van der Waals surface area contributed by atoms with Crippen molar-refractivity contribution in [1.29, 1.82) is 0 Å². The van der Waals surface area contributed by atoms with Crippen LogP contribution >= 0.6 is 0 Å². The van der Waals surface area contributed by atoms with Gasteiger partial charge in [-0.3, -0.25) is 14.3 Å². The fourth-order valence-electron chi connectivity index (χ4n) is 2.90. The van der Waals surface area contributed by atoms with Crippen molar-refractivity contribution in [3.63, 3.8) is 0 Å². The summed E-state index contributed by atoms with van der Waals surface area (Å²) in [7, 11) is -3.78. The fraction of sp³-hybridized carbons (Fsp3) is 0.222. The Hall–Kier alpha value is -2.87. The largest absolute Gasteiger partial charge is 0.326 e. The summed E-state index contributed by atoms with van der Waals surface area (Å²) in [5.41, 5.74) is 2.66. The third-order valence-corrected chi connectivity index (χ3v) is 5.50. The second-order valence-corrected chi connectivity index (χ2v) is 7.76. The van der Waals surface area contributed by atoms with Crippen molar-refractivity contribution >= 4 is 38.9 Å². The summed E-state index contributed by atoms with van der Waals surface area (Å²) in [6.45, 7) is 3.47. The molecule has 1 aliphatic rings. The van der Waals surface area contributed by atoms with Crippen LogP contribution in [-0.2, 0) is 26.0 Å². The van der Waals surface area contributed by atoms with Crippen LogP contribution in [0.15, 0.2) is 47.4 Å². The molecule has 1 heterocycles. The Bertz CT molecular complexity index is 968. The molecular formula is C18H19N3O4S. The van der Waals surface area contributed by atoms with Crippen LogP contribution in [0.2, 0.25) is 0 Å². The second-order valence-electron chi connectivity index (χ2n) is 6.08.